The van der Waals surface area contributed by atoms with Crippen LogP contribution in [-0.2, 0) is 16.0 Å². The van der Waals surface area contributed by atoms with Crippen molar-refractivity contribution in [2.45, 2.75) is 25.1 Å². The lowest BCUT2D eigenvalue weighted by Gasteiger charge is -2.23. The summed E-state index contributed by atoms with van der Waals surface area (Å²) in [5.41, 5.74) is 7.96. The first-order valence-electron chi connectivity index (χ1n) is 8.59. The highest BCUT2D eigenvalue weighted by atomic mass is 16.5. The third-order valence-corrected chi connectivity index (χ3v) is 4.87. The number of fused-ring (bicyclic) bond motifs is 1. The van der Waals surface area contributed by atoms with Crippen LogP contribution < -0.4 is 16.5 Å². The molecular weight excluding hydrogens is 349 g/mol. The van der Waals surface area contributed by atoms with Gasteiger partial charge in [-0.2, -0.15) is 5.10 Å². The Balaban J connectivity index is 1.65. The summed E-state index contributed by atoms with van der Waals surface area (Å²) in [4.78, 5) is 15.5. The number of ether oxygens (including phenoxy) is 1. The van der Waals surface area contributed by atoms with E-state index < -0.39 is 13.0 Å². The van der Waals surface area contributed by atoms with Crippen LogP contribution in [0.15, 0.2) is 24.4 Å². The summed E-state index contributed by atoms with van der Waals surface area (Å²) in [6, 6.07) is 4.87. The maximum Gasteiger partial charge on any atom is 0.491 e. The van der Waals surface area contributed by atoms with Crippen molar-refractivity contribution >= 4 is 30.0 Å². The largest absolute Gasteiger partial charge is 0.491 e. The molecule has 0 radical (unpaired) electrons. The second-order valence-corrected chi connectivity index (χ2v) is 6.56. The molecule has 2 aliphatic rings. The topological polar surface area (TPSA) is 116 Å². The van der Waals surface area contributed by atoms with Gasteiger partial charge in [-0.3, -0.25) is 9.48 Å². The third kappa shape index (κ3) is 3.28. The maximum absolute atomic E-state index is 11.9. The number of hydrogen-bond donors (Lipinski definition) is 3. The molecule has 4 N–H and O–H groups in total. The number of nitrogens with one attached hydrogen (secondary N) is 1. The molecule has 1 aromatic heterocycles. The van der Waals surface area contributed by atoms with E-state index in [0.29, 0.717) is 43.2 Å². The summed E-state index contributed by atoms with van der Waals surface area (Å²) in [5, 5.41) is 17.4. The fourth-order valence-corrected chi connectivity index (χ4v) is 3.38. The Kier molecular flexibility index (Phi) is 4.57. The predicted molar refractivity (Wildman–Crippen MR) is 97.7 cm³/mol. The van der Waals surface area contributed by atoms with E-state index in [1.165, 1.54) is 0 Å². The minimum atomic E-state index is -0.964. The first-order chi connectivity index (χ1) is 13.1. The lowest BCUT2D eigenvalue weighted by molar-refractivity contribution is 0.0506. The third-order valence-electron chi connectivity index (χ3n) is 4.87. The quantitative estimate of drug-likeness (QED) is 0.525. The lowest BCUT2D eigenvalue weighted by atomic mass is 9.79. The maximum atomic E-state index is 11.9. The lowest BCUT2D eigenvalue weighted by Crippen LogP contribution is -2.32. The van der Waals surface area contributed by atoms with Gasteiger partial charge in [0.15, 0.2) is 5.82 Å². The summed E-state index contributed by atoms with van der Waals surface area (Å²) >= 11 is 0. The Bertz CT molecular complexity index is 925. The molecule has 27 heavy (non-hydrogen) atoms. The van der Waals surface area contributed by atoms with Crippen LogP contribution in [-0.4, -0.2) is 47.1 Å². The fraction of sp³-hybridized carbons (Fsp3) is 0.353. The van der Waals surface area contributed by atoms with Crippen molar-refractivity contribution in [2.75, 3.05) is 18.5 Å². The zero-order valence-corrected chi connectivity index (χ0v) is 14.5. The first-order valence-corrected chi connectivity index (χ1v) is 8.59. The molecular formula is C17H18BN5O4. The fourth-order valence-electron chi connectivity index (χ4n) is 3.38. The molecule has 0 bridgehead atoms. The van der Waals surface area contributed by atoms with Crippen LogP contribution in [0.2, 0.25) is 0 Å². The SMILES string of the molecule is [C-]#[N+][C@H]1CCOCC1n1cc(C(N)=O)c(Nc2ccc3c(c2)B(O)OC3)n1. The van der Waals surface area contributed by atoms with Gasteiger partial charge in [-0.05, 0) is 23.2 Å². The van der Waals surface area contributed by atoms with E-state index in [-0.39, 0.29) is 17.6 Å². The van der Waals surface area contributed by atoms with E-state index in [2.05, 4.69) is 15.3 Å². The van der Waals surface area contributed by atoms with Crippen molar-refractivity contribution < 1.29 is 19.2 Å². The molecule has 1 aromatic carbocycles. The number of rotatable bonds is 4. The molecule has 0 spiro atoms. The number of hydrogen-bond acceptors (Lipinski definition) is 6. The zero-order valence-electron chi connectivity index (χ0n) is 14.5. The van der Waals surface area contributed by atoms with Crippen LogP contribution in [0.1, 0.15) is 28.4 Å². The van der Waals surface area contributed by atoms with E-state index in [0.717, 1.165) is 5.56 Å². The summed E-state index contributed by atoms with van der Waals surface area (Å²) in [6.45, 7) is 8.63. The van der Waals surface area contributed by atoms with Crippen molar-refractivity contribution in [2.24, 2.45) is 5.73 Å². The molecule has 3 heterocycles. The van der Waals surface area contributed by atoms with E-state index in [4.69, 9.17) is 21.7 Å². The van der Waals surface area contributed by atoms with Gasteiger partial charge in [-0.15, -0.1) is 0 Å². The Morgan fingerprint density at radius 1 is 1.52 bits per heavy atom. The van der Waals surface area contributed by atoms with Crippen LogP contribution >= 0.6 is 0 Å². The minimum absolute atomic E-state index is 0.224. The van der Waals surface area contributed by atoms with Crippen LogP contribution in [0.3, 0.4) is 0 Å². The van der Waals surface area contributed by atoms with Gasteiger partial charge in [0.2, 0.25) is 6.04 Å². The van der Waals surface area contributed by atoms with Crippen LogP contribution in [0.25, 0.3) is 4.85 Å². The van der Waals surface area contributed by atoms with Gasteiger partial charge in [0, 0.05) is 18.3 Å². The highest BCUT2D eigenvalue weighted by molar-refractivity contribution is 6.61. The number of primary amides is 1. The number of nitrogens with zero attached hydrogens (tertiary/aromatic N) is 3. The number of benzene rings is 1. The number of carbonyl (C=O) groups excluding carboxylic acids is 1. The van der Waals surface area contributed by atoms with Crippen LogP contribution in [0.4, 0.5) is 11.5 Å². The van der Waals surface area contributed by atoms with Crippen molar-refractivity contribution in [3.8, 4) is 0 Å². The normalized spacial score (nSPS) is 21.6. The van der Waals surface area contributed by atoms with Gasteiger partial charge in [0.1, 0.15) is 11.6 Å². The average Bonchev–Trinajstić information content (AvgIpc) is 3.26. The van der Waals surface area contributed by atoms with Gasteiger partial charge >= 0.3 is 7.12 Å². The number of carbonyl (C=O) groups is 1. The van der Waals surface area contributed by atoms with E-state index in [9.17, 15) is 9.82 Å². The summed E-state index contributed by atoms with van der Waals surface area (Å²) in [7, 11) is -0.964. The summed E-state index contributed by atoms with van der Waals surface area (Å²) < 4.78 is 12.2. The number of amides is 1. The molecule has 1 saturated heterocycles. The van der Waals surface area contributed by atoms with Crippen LogP contribution in [0, 0.1) is 6.57 Å². The number of anilines is 2. The number of nitrogens with two attached hydrogens (primary N) is 1. The molecule has 4 rings (SSSR count). The van der Waals surface area contributed by atoms with Gasteiger partial charge in [-0.1, -0.05) is 6.07 Å². The molecule has 138 valence electrons. The van der Waals surface area contributed by atoms with Gasteiger partial charge < -0.3 is 30.3 Å². The molecule has 1 amide bonds. The van der Waals surface area contributed by atoms with Gasteiger partial charge in [0.25, 0.3) is 5.91 Å². The van der Waals surface area contributed by atoms with E-state index >= 15 is 0 Å². The Morgan fingerprint density at radius 3 is 3.15 bits per heavy atom. The molecule has 9 nitrogen and oxygen atoms in total. The van der Waals surface area contributed by atoms with Crippen molar-refractivity contribution in [3.05, 3.63) is 46.9 Å². The second-order valence-electron chi connectivity index (χ2n) is 6.56. The second kappa shape index (κ2) is 7.04. The monoisotopic (exact) mass is 367 g/mol. The van der Waals surface area contributed by atoms with E-state index in [1.54, 1.807) is 16.9 Å². The Morgan fingerprint density at radius 2 is 2.37 bits per heavy atom. The Labute approximate surface area is 156 Å². The highest BCUT2D eigenvalue weighted by Crippen LogP contribution is 2.27. The smallest absolute Gasteiger partial charge is 0.423 e. The Hall–Kier alpha value is -2.87. The van der Waals surface area contributed by atoms with Crippen molar-refractivity contribution in [3.63, 3.8) is 0 Å². The standard InChI is InChI=1S/C17H18BN5O4/c1-20-14-4-5-26-9-15(14)23-7-12(16(19)24)17(22-23)21-11-3-2-10-8-27-18(25)13(10)6-11/h2-3,6-7,14-15,25H,4-5,8-9H2,(H2,19,24)(H,21,22)/t14-,15?/m0/s1. The summed E-state index contributed by atoms with van der Waals surface area (Å²) in [5.74, 6) is -0.325. The molecule has 0 aliphatic carbocycles. The molecule has 1 fully saturated rings. The predicted octanol–water partition coefficient (Wildman–Crippen LogP) is 0.193. The molecule has 2 aromatic rings. The molecule has 2 atom stereocenters. The first kappa shape index (κ1) is 17.5. The van der Waals surface area contributed by atoms with Gasteiger partial charge in [-0.25, -0.2) is 6.57 Å². The van der Waals surface area contributed by atoms with Crippen molar-refractivity contribution in [1.82, 2.24) is 9.78 Å². The average molecular weight is 367 g/mol. The highest BCUT2D eigenvalue weighted by Gasteiger charge is 2.34. The zero-order chi connectivity index (χ0) is 19.0. The van der Waals surface area contributed by atoms with Gasteiger partial charge in [0.05, 0.1) is 19.8 Å². The minimum Gasteiger partial charge on any atom is -0.423 e. The molecule has 0 saturated carbocycles. The van der Waals surface area contributed by atoms with Crippen molar-refractivity contribution in [1.29, 1.82) is 0 Å². The summed E-state index contributed by atoms with van der Waals surface area (Å²) in [6.07, 6.45) is 2.17. The molecule has 1 unspecified atom stereocenters. The molecule has 2 aliphatic heterocycles. The van der Waals surface area contributed by atoms with Crippen LogP contribution in [0.5, 0.6) is 0 Å². The molecule has 10 heteroatoms. The number of aromatic nitrogens is 2. The van der Waals surface area contributed by atoms with E-state index in [1.807, 2.05) is 12.1 Å².